The van der Waals surface area contributed by atoms with Crippen LogP contribution in [-0.4, -0.2) is 45.5 Å². The molecule has 0 spiro atoms. The van der Waals surface area contributed by atoms with Crippen molar-refractivity contribution in [1.82, 2.24) is 19.9 Å². The lowest BCUT2D eigenvalue weighted by atomic mass is 9.97. The van der Waals surface area contributed by atoms with Crippen molar-refractivity contribution in [1.29, 1.82) is 0 Å². The third kappa shape index (κ3) is 4.68. The van der Waals surface area contributed by atoms with Crippen molar-refractivity contribution in [2.75, 3.05) is 23.3 Å². The number of aryl methyl sites for hydroxylation is 1. The van der Waals surface area contributed by atoms with Crippen molar-refractivity contribution in [3.8, 4) is 0 Å². The highest BCUT2D eigenvalue weighted by Crippen LogP contribution is 2.30. The van der Waals surface area contributed by atoms with Crippen LogP contribution in [0.1, 0.15) is 36.8 Å². The highest BCUT2D eigenvalue weighted by Gasteiger charge is 2.31. The van der Waals surface area contributed by atoms with E-state index in [2.05, 4.69) is 25.5 Å². The number of thiazole rings is 1. The summed E-state index contributed by atoms with van der Waals surface area (Å²) in [5.41, 5.74) is 2.90. The predicted molar refractivity (Wildman–Crippen MR) is 132 cm³/mol. The van der Waals surface area contributed by atoms with E-state index in [0.29, 0.717) is 28.1 Å². The number of fused-ring (bicyclic) bond motifs is 1. The van der Waals surface area contributed by atoms with E-state index < -0.39 is 0 Å². The van der Waals surface area contributed by atoms with Gasteiger partial charge in [0, 0.05) is 24.8 Å². The molecule has 2 aromatic heterocycles. The topological polar surface area (TPSA) is 109 Å². The van der Waals surface area contributed by atoms with Gasteiger partial charge in [-0.3, -0.25) is 19.0 Å². The fourth-order valence-corrected chi connectivity index (χ4v) is 5.23. The predicted octanol–water partition coefficient (Wildman–Crippen LogP) is 2.60. The molecule has 10 heteroatoms. The molecule has 2 amide bonds. The van der Waals surface area contributed by atoms with Gasteiger partial charge in [-0.05, 0) is 56.7 Å². The molecule has 2 N–H and O–H groups in total. The maximum absolute atomic E-state index is 13.1. The molecule has 178 valence electrons. The third-order valence-corrected chi connectivity index (χ3v) is 7.64. The van der Waals surface area contributed by atoms with Gasteiger partial charge in [-0.15, -0.1) is 0 Å². The van der Waals surface area contributed by atoms with Gasteiger partial charge in [0.1, 0.15) is 17.6 Å². The summed E-state index contributed by atoms with van der Waals surface area (Å²) in [6.07, 6.45) is 5.27. The minimum absolute atomic E-state index is 0.0697. The first-order valence-corrected chi connectivity index (χ1v) is 12.5. The minimum Gasteiger partial charge on any atom is -0.353 e. The molecule has 0 radical (unpaired) electrons. The van der Waals surface area contributed by atoms with Crippen molar-refractivity contribution in [2.45, 2.75) is 52.1 Å². The summed E-state index contributed by atoms with van der Waals surface area (Å²) in [6.45, 7) is 5.18. The average Bonchev–Trinajstić information content (AvgIpc) is 3.53. The zero-order chi connectivity index (χ0) is 23.8. The molecule has 1 aliphatic carbocycles. The fourth-order valence-electron chi connectivity index (χ4n) is 4.23. The number of carbonyl (C=O) groups is 2. The zero-order valence-electron chi connectivity index (χ0n) is 19.3. The summed E-state index contributed by atoms with van der Waals surface area (Å²) in [5, 5.41) is 6.67. The van der Waals surface area contributed by atoms with Gasteiger partial charge in [0.05, 0.1) is 5.92 Å². The number of rotatable bonds is 6. The maximum Gasteiger partial charge on any atom is 0.273 e. The molecule has 0 bridgehead atoms. The van der Waals surface area contributed by atoms with Crippen molar-refractivity contribution in [3.63, 3.8) is 0 Å². The molecule has 1 aliphatic heterocycles. The molecular weight excluding hydrogens is 452 g/mol. The summed E-state index contributed by atoms with van der Waals surface area (Å²) in [5.74, 6) is -0.245. The molecule has 34 heavy (non-hydrogen) atoms. The molecule has 3 heterocycles. The van der Waals surface area contributed by atoms with E-state index >= 15 is 0 Å². The number of amides is 2. The number of carbonyl (C=O) groups excluding carboxylic acids is 2. The van der Waals surface area contributed by atoms with Gasteiger partial charge in [0.2, 0.25) is 11.8 Å². The highest BCUT2D eigenvalue weighted by molar-refractivity contribution is 7.22. The maximum atomic E-state index is 13.1. The Morgan fingerprint density at radius 3 is 2.82 bits per heavy atom. The van der Waals surface area contributed by atoms with Crippen LogP contribution in [0, 0.1) is 19.8 Å². The molecular formula is C24H28N6O3S. The van der Waals surface area contributed by atoms with Gasteiger partial charge in [0.25, 0.3) is 5.56 Å². The molecule has 1 saturated heterocycles. The molecule has 1 unspecified atom stereocenters. The van der Waals surface area contributed by atoms with E-state index in [0.717, 1.165) is 49.0 Å². The number of nitrogens with zero attached hydrogens (tertiary/aromatic N) is 4. The summed E-state index contributed by atoms with van der Waals surface area (Å²) < 4.78 is 1.73. The Balaban J connectivity index is 1.31. The van der Waals surface area contributed by atoms with Crippen LogP contribution in [0.25, 0.3) is 10.3 Å². The Kier molecular flexibility index (Phi) is 6.07. The molecule has 2 fully saturated rings. The molecule has 1 aromatic carbocycles. The lowest BCUT2D eigenvalue weighted by Gasteiger charge is -2.31. The summed E-state index contributed by atoms with van der Waals surface area (Å²) in [7, 11) is 0. The second kappa shape index (κ2) is 9.17. The minimum atomic E-state index is -0.290. The van der Waals surface area contributed by atoms with Crippen LogP contribution in [0.3, 0.4) is 0 Å². The van der Waals surface area contributed by atoms with E-state index in [-0.39, 0.29) is 29.8 Å². The van der Waals surface area contributed by atoms with Crippen molar-refractivity contribution in [2.24, 2.45) is 5.92 Å². The monoisotopic (exact) mass is 480 g/mol. The first-order chi connectivity index (χ1) is 16.4. The zero-order valence-corrected chi connectivity index (χ0v) is 20.2. The second-order valence-electron chi connectivity index (χ2n) is 9.19. The van der Waals surface area contributed by atoms with Gasteiger partial charge in [-0.2, -0.15) is 4.98 Å². The average molecular weight is 481 g/mol. The van der Waals surface area contributed by atoms with Crippen LogP contribution in [0.2, 0.25) is 0 Å². The first-order valence-electron chi connectivity index (χ1n) is 11.7. The molecule has 3 aromatic rings. The van der Waals surface area contributed by atoms with Gasteiger partial charge in [-0.25, -0.2) is 4.98 Å². The van der Waals surface area contributed by atoms with Crippen LogP contribution >= 0.6 is 11.3 Å². The standard InChI is InChI=1S/C24H28N6O3S/c1-14-5-3-7-18(15(14)2)27-19(31)12-30-13-25-21-20(23(30)33)34-24(28-21)29-10-4-6-16(11-29)22(32)26-17-8-9-17/h3,5,7,13,16-17H,4,6,8-12H2,1-2H3,(H,26,32)(H,27,31). The fraction of sp³-hybridized carbons (Fsp3) is 0.458. The molecule has 5 rings (SSSR count). The second-order valence-corrected chi connectivity index (χ2v) is 10.2. The number of benzene rings is 1. The SMILES string of the molecule is Cc1cccc(NC(=O)Cn2cnc3nc(N4CCCC(C(=O)NC5CC5)C4)sc3c2=O)c1C. The summed E-state index contributed by atoms with van der Waals surface area (Å²) >= 11 is 1.28. The van der Waals surface area contributed by atoms with Gasteiger partial charge in [-0.1, -0.05) is 23.5 Å². The number of nitrogens with one attached hydrogen (secondary N) is 2. The largest absolute Gasteiger partial charge is 0.353 e. The smallest absolute Gasteiger partial charge is 0.273 e. The number of hydrogen-bond acceptors (Lipinski definition) is 7. The molecule has 1 saturated carbocycles. The van der Waals surface area contributed by atoms with E-state index in [1.807, 2.05) is 32.0 Å². The Morgan fingerprint density at radius 1 is 1.21 bits per heavy atom. The molecule has 1 atom stereocenters. The Morgan fingerprint density at radius 2 is 2.03 bits per heavy atom. The molecule has 9 nitrogen and oxygen atoms in total. The lowest BCUT2D eigenvalue weighted by molar-refractivity contribution is -0.125. The third-order valence-electron chi connectivity index (χ3n) is 6.55. The molecule has 2 aliphatic rings. The number of piperidine rings is 1. The first kappa shape index (κ1) is 22.5. The van der Waals surface area contributed by atoms with Crippen LogP contribution in [0.5, 0.6) is 0 Å². The van der Waals surface area contributed by atoms with E-state index in [4.69, 9.17) is 0 Å². The van der Waals surface area contributed by atoms with Crippen LogP contribution in [-0.2, 0) is 16.1 Å². The summed E-state index contributed by atoms with van der Waals surface area (Å²) in [4.78, 5) is 49.1. The van der Waals surface area contributed by atoms with E-state index in [9.17, 15) is 14.4 Å². The number of anilines is 2. The van der Waals surface area contributed by atoms with Gasteiger partial charge >= 0.3 is 0 Å². The lowest BCUT2D eigenvalue weighted by Crippen LogP contribution is -2.43. The van der Waals surface area contributed by atoms with Crippen LogP contribution in [0.15, 0.2) is 29.3 Å². The normalized spacial score (nSPS) is 18.2. The van der Waals surface area contributed by atoms with Gasteiger partial charge < -0.3 is 15.5 Å². The van der Waals surface area contributed by atoms with E-state index in [1.165, 1.54) is 22.2 Å². The van der Waals surface area contributed by atoms with Gasteiger partial charge in [0.15, 0.2) is 10.8 Å². The number of aromatic nitrogens is 3. The van der Waals surface area contributed by atoms with Crippen LogP contribution < -0.4 is 21.1 Å². The summed E-state index contributed by atoms with van der Waals surface area (Å²) in [6, 6.07) is 6.06. The van der Waals surface area contributed by atoms with Crippen molar-refractivity contribution < 1.29 is 9.59 Å². The van der Waals surface area contributed by atoms with Crippen molar-refractivity contribution in [3.05, 3.63) is 46.0 Å². The van der Waals surface area contributed by atoms with E-state index in [1.54, 1.807) is 0 Å². The Hall–Kier alpha value is -3.27. The van der Waals surface area contributed by atoms with Crippen molar-refractivity contribution >= 4 is 44.3 Å². The Bertz CT molecular complexity index is 1310. The number of hydrogen-bond donors (Lipinski definition) is 2. The highest BCUT2D eigenvalue weighted by atomic mass is 32.1. The Labute approximate surface area is 201 Å². The van der Waals surface area contributed by atoms with Crippen LogP contribution in [0.4, 0.5) is 10.8 Å². The quantitative estimate of drug-likeness (QED) is 0.561.